The monoisotopic (exact) mass is 367 g/mol. The molecule has 7 nitrogen and oxygen atoms in total. The van der Waals surface area contributed by atoms with Gasteiger partial charge in [0.25, 0.3) is 5.91 Å². The Hall–Kier alpha value is -3.61. The van der Waals surface area contributed by atoms with Crippen molar-refractivity contribution in [3.63, 3.8) is 0 Å². The fraction of sp³-hybridized carbons (Fsp3) is 0.150. The Labute approximate surface area is 154 Å². The molecule has 0 saturated carbocycles. The van der Waals surface area contributed by atoms with Crippen LogP contribution in [0.3, 0.4) is 0 Å². The summed E-state index contributed by atoms with van der Waals surface area (Å²) in [6.45, 7) is 1.89. The molecular weight excluding hydrogens is 350 g/mol. The van der Waals surface area contributed by atoms with Gasteiger partial charge in [0.1, 0.15) is 22.6 Å². The predicted molar refractivity (Wildman–Crippen MR) is 98.1 cm³/mol. The molecule has 1 amide bonds. The maximum absolute atomic E-state index is 12.0. The fourth-order valence-electron chi connectivity index (χ4n) is 2.39. The summed E-state index contributed by atoms with van der Waals surface area (Å²) in [7, 11) is 0. The van der Waals surface area contributed by atoms with Crippen LogP contribution in [0.5, 0.6) is 11.5 Å². The maximum Gasteiger partial charge on any atom is 0.349 e. The van der Waals surface area contributed by atoms with E-state index in [-0.39, 0.29) is 23.5 Å². The van der Waals surface area contributed by atoms with E-state index in [0.29, 0.717) is 17.7 Å². The van der Waals surface area contributed by atoms with Gasteiger partial charge >= 0.3 is 11.6 Å². The number of fused-ring (bicyclic) bond motifs is 1. The highest BCUT2D eigenvalue weighted by atomic mass is 16.6. The maximum atomic E-state index is 12.0. The van der Waals surface area contributed by atoms with E-state index in [1.54, 1.807) is 43.3 Å². The second kappa shape index (κ2) is 8.18. The van der Waals surface area contributed by atoms with Crippen LogP contribution in [0.1, 0.15) is 17.3 Å². The van der Waals surface area contributed by atoms with Crippen LogP contribution in [-0.2, 0) is 4.79 Å². The van der Waals surface area contributed by atoms with E-state index in [1.165, 1.54) is 12.1 Å². The van der Waals surface area contributed by atoms with Crippen LogP contribution >= 0.6 is 0 Å². The zero-order valence-corrected chi connectivity index (χ0v) is 14.6. The number of rotatable bonds is 6. The van der Waals surface area contributed by atoms with Crippen LogP contribution in [0, 0.1) is 0 Å². The molecule has 1 aromatic heterocycles. The van der Waals surface area contributed by atoms with Crippen molar-refractivity contribution in [2.75, 3.05) is 13.2 Å². The SMILES string of the molecule is CCNC(=O)c1cc2ccc(OC(=O)COc3ccccc3)cc2oc1=O. The van der Waals surface area contributed by atoms with Crippen LogP contribution in [0.25, 0.3) is 11.0 Å². The van der Waals surface area contributed by atoms with Gasteiger partial charge in [-0.2, -0.15) is 0 Å². The lowest BCUT2D eigenvalue weighted by atomic mass is 10.1. The van der Waals surface area contributed by atoms with Gasteiger partial charge in [0.05, 0.1) is 0 Å². The first-order valence-corrected chi connectivity index (χ1v) is 8.31. The molecule has 7 heteroatoms. The molecule has 138 valence electrons. The quantitative estimate of drug-likeness (QED) is 0.409. The molecule has 0 aliphatic carbocycles. The van der Waals surface area contributed by atoms with Crippen molar-refractivity contribution in [3.05, 3.63) is 70.6 Å². The summed E-state index contributed by atoms with van der Waals surface area (Å²) in [5.74, 6) is -0.337. The van der Waals surface area contributed by atoms with Gasteiger partial charge in [0, 0.05) is 18.0 Å². The molecule has 27 heavy (non-hydrogen) atoms. The molecule has 3 aromatic rings. The van der Waals surface area contributed by atoms with Gasteiger partial charge in [-0.15, -0.1) is 0 Å². The van der Waals surface area contributed by atoms with Crippen LogP contribution in [0.15, 0.2) is 63.8 Å². The van der Waals surface area contributed by atoms with Gasteiger partial charge in [0.15, 0.2) is 6.61 Å². The second-order valence-electron chi connectivity index (χ2n) is 5.58. The number of para-hydroxylation sites is 1. The smallest absolute Gasteiger partial charge is 0.349 e. The lowest BCUT2D eigenvalue weighted by Crippen LogP contribution is -2.27. The first kappa shape index (κ1) is 18.2. The number of nitrogens with one attached hydrogen (secondary N) is 1. The average molecular weight is 367 g/mol. The molecule has 0 saturated heterocycles. The zero-order valence-electron chi connectivity index (χ0n) is 14.6. The van der Waals surface area contributed by atoms with Gasteiger partial charge in [-0.05, 0) is 37.3 Å². The number of carbonyl (C=O) groups is 2. The van der Waals surface area contributed by atoms with Crippen molar-refractivity contribution in [2.45, 2.75) is 6.92 Å². The molecule has 2 aromatic carbocycles. The molecule has 0 aliphatic rings. The first-order chi connectivity index (χ1) is 13.1. The molecule has 0 atom stereocenters. The Morgan fingerprint density at radius 1 is 1.04 bits per heavy atom. The summed E-state index contributed by atoms with van der Waals surface area (Å²) >= 11 is 0. The van der Waals surface area contributed by atoms with E-state index in [9.17, 15) is 14.4 Å². The minimum atomic E-state index is -0.760. The van der Waals surface area contributed by atoms with E-state index < -0.39 is 17.5 Å². The van der Waals surface area contributed by atoms with E-state index >= 15 is 0 Å². The Balaban J connectivity index is 1.72. The highest BCUT2D eigenvalue weighted by molar-refractivity contribution is 5.96. The van der Waals surface area contributed by atoms with Crippen molar-refractivity contribution < 1.29 is 23.5 Å². The van der Waals surface area contributed by atoms with Gasteiger partial charge in [-0.25, -0.2) is 9.59 Å². The van der Waals surface area contributed by atoms with Crippen molar-refractivity contribution in [3.8, 4) is 11.5 Å². The predicted octanol–water partition coefficient (Wildman–Crippen LogP) is 2.53. The summed E-state index contributed by atoms with van der Waals surface area (Å²) in [6, 6.07) is 14.9. The van der Waals surface area contributed by atoms with Crippen molar-refractivity contribution in [1.82, 2.24) is 5.32 Å². The summed E-state index contributed by atoms with van der Waals surface area (Å²) in [5.41, 5.74) is -0.628. The number of hydrogen-bond donors (Lipinski definition) is 1. The molecule has 0 spiro atoms. The van der Waals surface area contributed by atoms with E-state index in [2.05, 4.69) is 5.32 Å². The normalized spacial score (nSPS) is 10.4. The van der Waals surface area contributed by atoms with Crippen LogP contribution in [-0.4, -0.2) is 25.0 Å². The van der Waals surface area contributed by atoms with Crippen molar-refractivity contribution in [1.29, 1.82) is 0 Å². The highest BCUT2D eigenvalue weighted by Crippen LogP contribution is 2.21. The minimum Gasteiger partial charge on any atom is -0.482 e. The average Bonchev–Trinajstić information content (AvgIpc) is 2.67. The Morgan fingerprint density at radius 3 is 2.56 bits per heavy atom. The number of benzene rings is 2. The molecule has 3 rings (SSSR count). The Morgan fingerprint density at radius 2 is 1.81 bits per heavy atom. The largest absolute Gasteiger partial charge is 0.482 e. The molecule has 0 radical (unpaired) electrons. The second-order valence-corrected chi connectivity index (χ2v) is 5.58. The number of hydrogen-bond acceptors (Lipinski definition) is 6. The zero-order chi connectivity index (χ0) is 19.2. The van der Waals surface area contributed by atoms with E-state index in [0.717, 1.165) is 0 Å². The molecule has 0 aliphatic heterocycles. The van der Waals surface area contributed by atoms with Crippen LogP contribution in [0.4, 0.5) is 0 Å². The summed E-state index contributed by atoms with van der Waals surface area (Å²) < 4.78 is 15.7. The minimum absolute atomic E-state index is 0.0784. The third-order valence-corrected chi connectivity index (χ3v) is 3.62. The topological polar surface area (TPSA) is 94.8 Å². The number of esters is 1. The third kappa shape index (κ3) is 4.52. The molecular formula is C20H17NO6. The summed E-state index contributed by atoms with van der Waals surface area (Å²) in [4.78, 5) is 35.8. The summed E-state index contributed by atoms with van der Waals surface area (Å²) in [5, 5.41) is 3.09. The Kier molecular flexibility index (Phi) is 5.51. The standard InChI is InChI=1S/C20H17NO6/c1-2-21-19(23)16-10-13-8-9-15(11-17(13)27-20(16)24)26-18(22)12-25-14-6-4-3-5-7-14/h3-11H,2,12H2,1H3,(H,21,23). The third-order valence-electron chi connectivity index (χ3n) is 3.62. The molecule has 1 N–H and O–H groups in total. The van der Waals surface area contributed by atoms with Gasteiger partial charge in [0.2, 0.25) is 0 Å². The van der Waals surface area contributed by atoms with Gasteiger partial charge in [-0.1, -0.05) is 18.2 Å². The molecule has 0 unspecified atom stereocenters. The molecule has 1 heterocycles. The van der Waals surface area contributed by atoms with Crippen LogP contribution in [0.2, 0.25) is 0 Å². The number of ether oxygens (including phenoxy) is 2. The highest BCUT2D eigenvalue weighted by Gasteiger charge is 2.14. The molecule has 0 bridgehead atoms. The van der Waals surface area contributed by atoms with E-state index in [4.69, 9.17) is 13.9 Å². The van der Waals surface area contributed by atoms with Gasteiger partial charge in [-0.3, -0.25) is 4.79 Å². The van der Waals surface area contributed by atoms with Gasteiger partial charge < -0.3 is 19.2 Å². The summed E-state index contributed by atoms with van der Waals surface area (Å²) in [6.07, 6.45) is 0. The first-order valence-electron chi connectivity index (χ1n) is 8.31. The van der Waals surface area contributed by atoms with Crippen molar-refractivity contribution in [2.24, 2.45) is 0 Å². The molecule has 0 fully saturated rings. The number of amides is 1. The number of carbonyl (C=O) groups excluding carboxylic acids is 2. The fourth-order valence-corrected chi connectivity index (χ4v) is 2.39. The van der Waals surface area contributed by atoms with Crippen molar-refractivity contribution >= 4 is 22.8 Å². The van der Waals surface area contributed by atoms with Crippen LogP contribution < -0.4 is 20.4 Å². The Bertz CT molecular complexity index is 1030. The lowest BCUT2D eigenvalue weighted by molar-refractivity contribution is -0.136. The van der Waals surface area contributed by atoms with E-state index in [1.807, 2.05) is 6.07 Å². The lowest BCUT2D eigenvalue weighted by Gasteiger charge is -2.07.